The van der Waals surface area contributed by atoms with E-state index in [1.165, 1.54) is 5.57 Å². The minimum Gasteiger partial charge on any atom is -0.403 e. The van der Waals surface area contributed by atoms with E-state index in [0.29, 0.717) is 5.82 Å². The van der Waals surface area contributed by atoms with E-state index in [4.69, 9.17) is 9.31 Å². The summed E-state index contributed by atoms with van der Waals surface area (Å²) in [6.07, 6.45) is 2.12. The van der Waals surface area contributed by atoms with Gasteiger partial charge in [-0.05, 0) is 41.5 Å². The van der Waals surface area contributed by atoms with Gasteiger partial charge in [0.25, 0.3) is 0 Å². The molecule has 1 aliphatic heterocycles. The summed E-state index contributed by atoms with van der Waals surface area (Å²) in [5.74, 6) is 0.316. The zero-order valence-corrected chi connectivity index (χ0v) is 11.0. The average molecular weight is 210 g/mol. The van der Waals surface area contributed by atoms with Gasteiger partial charge in [0.05, 0.1) is 11.2 Å². The van der Waals surface area contributed by atoms with Crippen molar-refractivity contribution in [2.45, 2.75) is 65.5 Å². The summed E-state index contributed by atoms with van der Waals surface area (Å²) in [7, 11) is -0.119. The maximum atomic E-state index is 5.99. The van der Waals surface area contributed by atoms with Crippen LogP contribution in [0.5, 0.6) is 0 Å². The summed E-state index contributed by atoms with van der Waals surface area (Å²) in [6.45, 7) is 14.7. The second-order valence-electron chi connectivity index (χ2n) is 5.45. The van der Waals surface area contributed by atoms with Gasteiger partial charge >= 0.3 is 7.12 Å². The molecule has 1 saturated heterocycles. The molecule has 1 fully saturated rings. The zero-order chi connectivity index (χ0) is 11.9. The van der Waals surface area contributed by atoms with Crippen LogP contribution in [-0.2, 0) is 9.31 Å². The lowest BCUT2D eigenvalue weighted by Crippen LogP contribution is -2.41. The van der Waals surface area contributed by atoms with Crippen molar-refractivity contribution in [3.05, 3.63) is 11.6 Å². The lowest BCUT2D eigenvalue weighted by atomic mass is 9.69. The Bertz CT molecular complexity index is 253. The Morgan fingerprint density at radius 1 is 1.13 bits per heavy atom. The van der Waals surface area contributed by atoms with E-state index in [0.717, 1.165) is 0 Å². The van der Waals surface area contributed by atoms with Gasteiger partial charge in [0.1, 0.15) is 0 Å². The third-order valence-corrected chi connectivity index (χ3v) is 3.85. The van der Waals surface area contributed by atoms with E-state index in [-0.39, 0.29) is 18.3 Å². The van der Waals surface area contributed by atoms with E-state index in [9.17, 15) is 0 Å². The molecule has 0 N–H and O–H groups in total. The molecule has 0 spiro atoms. The lowest BCUT2D eigenvalue weighted by molar-refractivity contribution is 0.00578. The molecule has 3 heteroatoms. The predicted molar refractivity (Wildman–Crippen MR) is 64.9 cm³/mol. The van der Waals surface area contributed by atoms with Gasteiger partial charge in [0, 0.05) is 5.82 Å². The largest absolute Gasteiger partial charge is 0.465 e. The summed E-state index contributed by atoms with van der Waals surface area (Å²) in [6, 6.07) is 0. The molecule has 15 heavy (non-hydrogen) atoms. The normalized spacial score (nSPS) is 26.9. The van der Waals surface area contributed by atoms with Gasteiger partial charge in [-0.3, -0.25) is 0 Å². The molecule has 0 radical (unpaired) electrons. The molecule has 0 aromatic carbocycles. The quantitative estimate of drug-likeness (QED) is 0.513. The fraction of sp³-hybridized carbons (Fsp3) is 0.833. The van der Waals surface area contributed by atoms with Crippen LogP contribution < -0.4 is 0 Å². The molecule has 2 nitrogen and oxygen atoms in total. The molecule has 1 heterocycles. The van der Waals surface area contributed by atoms with Crippen molar-refractivity contribution < 1.29 is 9.31 Å². The smallest absolute Gasteiger partial charge is 0.403 e. The van der Waals surface area contributed by atoms with E-state index in [1.807, 2.05) is 0 Å². The van der Waals surface area contributed by atoms with Gasteiger partial charge in [0.15, 0.2) is 0 Å². The minimum atomic E-state index is -0.222. The molecular formula is C12H23BO2. The van der Waals surface area contributed by atoms with E-state index in [1.54, 1.807) is 0 Å². The highest BCUT2D eigenvalue weighted by molar-refractivity contribution is 6.48. The van der Waals surface area contributed by atoms with Crippen molar-refractivity contribution in [2.24, 2.45) is 0 Å². The summed E-state index contributed by atoms with van der Waals surface area (Å²) < 4.78 is 12.0. The molecule has 86 valence electrons. The Morgan fingerprint density at radius 3 is 1.87 bits per heavy atom. The first-order valence-electron chi connectivity index (χ1n) is 5.70. The van der Waals surface area contributed by atoms with Crippen LogP contribution in [-0.4, -0.2) is 18.3 Å². The molecule has 1 rings (SSSR count). The van der Waals surface area contributed by atoms with Gasteiger partial charge in [0.2, 0.25) is 0 Å². The Morgan fingerprint density at radius 2 is 1.53 bits per heavy atom. The number of allylic oxidation sites excluding steroid dienone is 2. The van der Waals surface area contributed by atoms with Crippen LogP contribution in [0, 0.1) is 0 Å². The summed E-state index contributed by atoms with van der Waals surface area (Å²) in [4.78, 5) is 0. The topological polar surface area (TPSA) is 18.5 Å². The van der Waals surface area contributed by atoms with Crippen LogP contribution in [0.3, 0.4) is 0 Å². The second-order valence-corrected chi connectivity index (χ2v) is 5.45. The standard InChI is InChI=1S/C12H23BO2/c1-8-9(2)10(3)13-14-11(4,5)12(6,7)15-13/h8,10H,1-7H3. The zero-order valence-electron chi connectivity index (χ0n) is 11.0. The molecule has 1 aliphatic rings. The van der Waals surface area contributed by atoms with Crippen LogP contribution >= 0.6 is 0 Å². The SMILES string of the molecule is CC=C(C)C(C)B1OC(C)(C)C(C)(C)O1. The van der Waals surface area contributed by atoms with Gasteiger partial charge in [-0.1, -0.05) is 18.6 Å². The number of hydrogen-bond donors (Lipinski definition) is 0. The highest BCUT2D eigenvalue weighted by atomic mass is 16.7. The maximum absolute atomic E-state index is 5.99. The Balaban J connectivity index is 2.79. The van der Waals surface area contributed by atoms with Crippen LogP contribution in [0.15, 0.2) is 11.6 Å². The fourth-order valence-electron chi connectivity index (χ4n) is 1.57. The van der Waals surface area contributed by atoms with Crippen molar-refractivity contribution in [2.75, 3.05) is 0 Å². The molecule has 0 aromatic heterocycles. The third-order valence-electron chi connectivity index (χ3n) is 3.85. The molecule has 0 bridgehead atoms. The summed E-state index contributed by atoms with van der Waals surface area (Å²) in [5.41, 5.74) is 0.869. The monoisotopic (exact) mass is 210 g/mol. The minimum absolute atomic E-state index is 0.119. The first-order valence-corrected chi connectivity index (χ1v) is 5.70. The van der Waals surface area contributed by atoms with Gasteiger partial charge in [-0.2, -0.15) is 0 Å². The third kappa shape index (κ3) is 2.29. The fourth-order valence-corrected chi connectivity index (χ4v) is 1.57. The van der Waals surface area contributed by atoms with E-state index >= 15 is 0 Å². The summed E-state index contributed by atoms with van der Waals surface area (Å²) >= 11 is 0. The maximum Gasteiger partial charge on any atom is 0.465 e. The van der Waals surface area contributed by atoms with Gasteiger partial charge < -0.3 is 9.31 Å². The van der Waals surface area contributed by atoms with E-state index < -0.39 is 0 Å². The van der Waals surface area contributed by atoms with Crippen LogP contribution in [0.25, 0.3) is 0 Å². The van der Waals surface area contributed by atoms with Gasteiger partial charge in [-0.15, -0.1) is 0 Å². The highest BCUT2D eigenvalue weighted by Gasteiger charge is 2.52. The van der Waals surface area contributed by atoms with Crippen molar-refractivity contribution >= 4 is 7.12 Å². The van der Waals surface area contributed by atoms with Crippen molar-refractivity contribution in [3.63, 3.8) is 0 Å². The van der Waals surface area contributed by atoms with Crippen LogP contribution in [0.1, 0.15) is 48.5 Å². The molecule has 1 unspecified atom stereocenters. The van der Waals surface area contributed by atoms with Crippen LogP contribution in [0.2, 0.25) is 5.82 Å². The predicted octanol–water partition coefficient (Wildman–Crippen LogP) is 3.43. The number of rotatable bonds is 2. The van der Waals surface area contributed by atoms with Crippen molar-refractivity contribution in [3.8, 4) is 0 Å². The number of hydrogen-bond acceptors (Lipinski definition) is 2. The Hall–Kier alpha value is -0.275. The molecule has 0 aromatic rings. The molecule has 0 saturated carbocycles. The lowest BCUT2D eigenvalue weighted by Gasteiger charge is -2.32. The summed E-state index contributed by atoms with van der Waals surface area (Å²) in [5, 5.41) is 0. The first-order chi connectivity index (χ1) is 6.71. The van der Waals surface area contributed by atoms with Crippen molar-refractivity contribution in [1.29, 1.82) is 0 Å². The Labute approximate surface area is 94.2 Å². The highest BCUT2D eigenvalue weighted by Crippen LogP contribution is 2.41. The Kier molecular flexibility index (Phi) is 3.37. The molecule has 1 atom stereocenters. The van der Waals surface area contributed by atoms with Crippen molar-refractivity contribution in [1.82, 2.24) is 0 Å². The van der Waals surface area contributed by atoms with Crippen LogP contribution in [0.4, 0.5) is 0 Å². The first kappa shape index (κ1) is 12.8. The van der Waals surface area contributed by atoms with Gasteiger partial charge in [-0.25, -0.2) is 0 Å². The van der Waals surface area contributed by atoms with E-state index in [2.05, 4.69) is 54.5 Å². The molecule has 0 amide bonds. The molecule has 0 aliphatic carbocycles. The average Bonchev–Trinajstić information content (AvgIpc) is 2.33. The molecular weight excluding hydrogens is 187 g/mol. The second kappa shape index (κ2) is 3.95.